The molecule has 2 aromatic rings. The number of ether oxygens (including phenoxy) is 2. The summed E-state index contributed by atoms with van der Waals surface area (Å²) in [5, 5.41) is 0. The summed E-state index contributed by atoms with van der Waals surface area (Å²) >= 11 is 0. The van der Waals surface area contributed by atoms with E-state index in [9.17, 15) is 4.79 Å². The number of rotatable bonds is 5. The van der Waals surface area contributed by atoms with E-state index in [1.807, 2.05) is 35.2 Å². The summed E-state index contributed by atoms with van der Waals surface area (Å²) in [7, 11) is 0. The maximum atomic E-state index is 13.2. The molecule has 27 heavy (non-hydrogen) atoms. The van der Waals surface area contributed by atoms with E-state index in [2.05, 4.69) is 24.9 Å². The Morgan fingerprint density at radius 1 is 1.30 bits per heavy atom. The molecule has 5 nitrogen and oxygen atoms in total. The molecule has 1 fully saturated rings. The largest absolute Gasteiger partial charge is 0.493 e. The van der Waals surface area contributed by atoms with Crippen LogP contribution in [0.3, 0.4) is 0 Å². The van der Waals surface area contributed by atoms with Gasteiger partial charge in [0.15, 0.2) is 0 Å². The van der Waals surface area contributed by atoms with Crippen molar-refractivity contribution < 1.29 is 14.3 Å². The zero-order valence-corrected chi connectivity index (χ0v) is 15.9. The number of likely N-dealkylation sites (tertiary alicyclic amines) is 1. The topological polar surface area (TPSA) is 51.7 Å². The zero-order chi connectivity index (χ0) is 18.8. The van der Waals surface area contributed by atoms with Crippen LogP contribution in [0.15, 0.2) is 48.8 Å². The van der Waals surface area contributed by atoms with E-state index in [1.165, 1.54) is 0 Å². The van der Waals surface area contributed by atoms with Crippen molar-refractivity contribution in [1.29, 1.82) is 0 Å². The van der Waals surface area contributed by atoms with Crippen LogP contribution in [0.1, 0.15) is 35.8 Å². The van der Waals surface area contributed by atoms with Gasteiger partial charge in [-0.3, -0.25) is 9.78 Å². The molecule has 1 amide bonds. The van der Waals surface area contributed by atoms with Crippen molar-refractivity contribution in [3.63, 3.8) is 0 Å². The predicted molar refractivity (Wildman–Crippen MR) is 103 cm³/mol. The fraction of sp³-hybridized carbons (Fsp3) is 0.455. The Morgan fingerprint density at radius 3 is 2.93 bits per heavy atom. The molecule has 3 heterocycles. The molecule has 5 heteroatoms. The molecule has 3 atom stereocenters. The van der Waals surface area contributed by atoms with Crippen LogP contribution >= 0.6 is 0 Å². The Bertz CT molecular complexity index is 793. The third kappa shape index (κ3) is 3.56. The quantitative estimate of drug-likeness (QED) is 0.812. The number of carbonyl (C=O) groups excluding carboxylic acids is 1. The normalized spacial score (nSPS) is 23.7. The molecule has 0 bridgehead atoms. The van der Waals surface area contributed by atoms with E-state index in [0.717, 1.165) is 17.9 Å². The molecule has 2 aliphatic heterocycles. The first-order valence-electron chi connectivity index (χ1n) is 9.65. The SMILES string of the molecule is CC(C)COC[C@@H]1CN(C(=O)c2cccnc2)[C@H]2c3ccccc3OC[C@@H]12. The first-order chi connectivity index (χ1) is 13.1. The van der Waals surface area contributed by atoms with Gasteiger partial charge in [0.05, 0.1) is 24.8 Å². The molecule has 0 saturated carbocycles. The molecule has 142 valence electrons. The van der Waals surface area contributed by atoms with Crippen molar-refractivity contribution in [2.24, 2.45) is 17.8 Å². The van der Waals surface area contributed by atoms with Gasteiger partial charge in [0.1, 0.15) is 5.75 Å². The number of benzene rings is 1. The highest BCUT2D eigenvalue weighted by Crippen LogP contribution is 2.47. The number of pyridine rings is 1. The van der Waals surface area contributed by atoms with E-state index < -0.39 is 0 Å². The summed E-state index contributed by atoms with van der Waals surface area (Å²) in [5.74, 6) is 1.92. The minimum atomic E-state index is 0.0234. The van der Waals surface area contributed by atoms with Gasteiger partial charge in [-0.25, -0.2) is 0 Å². The molecule has 0 spiro atoms. The molecule has 1 aromatic carbocycles. The van der Waals surface area contributed by atoms with E-state index in [0.29, 0.717) is 31.2 Å². The molecule has 1 aromatic heterocycles. The molecular weight excluding hydrogens is 340 g/mol. The number of hydrogen-bond acceptors (Lipinski definition) is 4. The minimum Gasteiger partial charge on any atom is -0.493 e. The first kappa shape index (κ1) is 18.0. The van der Waals surface area contributed by atoms with Gasteiger partial charge in [-0.2, -0.15) is 0 Å². The second kappa shape index (κ2) is 7.69. The Morgan fingerprint density at radius 2 is 2.15 bits per heavy atom. The van der Waals surface area contributed by atoms with Gasteiger partial charge >= 0.3 is 0 Å². The van der Waals surface area contributed by atoms with Crippen LogP contribution in [0.25, 0.3) is 0 Å². The van der Waals surface area contributed by atoms with Crippen LogP contribution in [-0.2, 0) is 4.74 Å². The van der Waals surface area contributed by atoms with E-state index in [-0.39, 0.29) is 23.8 Å². The summed E-state index contributed by atoms with van der Waals surface area (Å²) < 4.78 is 12.0. The number of para-hydroxylation sites is 1. The fourth-order valence-electron chi connectivity index (χ4n) is 4.15. The maximum Gasteiger partial charge on any atom is 0.255 e. The van der Waals surface area contributed by atoms with Crippen molar-refractivity contribution in [1.82, 2.24) is 9.88 Å². The van der Waals surface area contributed by atoms with Gasteiger partial charge < -0.3 is 14.4 Å². The summed E-state index contributed by atoms with van der Waals surface area (Å²) in [6.45, 7) is 6.99. The van der Waals surface area contributed by atoms with Crippen molar-refractivity contribution in [3.05, 3.63) is 59.9 Å². The average Bonchev–Trinajstić information content (AvgIpc) is 3.07. The molecule has 0 N–H and O–H groups in total. The molecular formula is C22H26N2O3. The molecule has 0 aliphatic carbocycles. The summed E-state index contributed by atoms with van der Waals surface area (Å²) in [4.78, 5) is 19.4. The molecule has 2 aliphatic rings. The smallest absolute Gasteiger partial charge is 0.255 e. The lowest BCUT2D eigenvalue weighted by Crippen LogP contribution is -2.35. The minimum absolute atomic E-state index is 0.0234. The summed E-state index contributed by atoms with van der Waals surface area (Å²) in [6, 6.07) is 11.7. The molecule has 0 unspecified atom stereocenters. The fourth-order valence-corrected chi connectivity index (χ4v) is 4.15. The molecule has 4 rings (SSSR count). The van der Waals surface area contributed by atoms with Gasteiger partial charge in [0.2, 0.25) is 0 Å². The standard InChI is InChI=1S/C22H26N2O3/c1-15(2)12-26-13-17-11-24(22(25)16-6-5-9-23-10-16)21-18-7-3-4-8-20(18)27-14-19(17)21/h3-10,15,17,19,21H,11-14H2,1-2H3/t17-,19-,21-/m0/s1. The van der Waals surface area contributed by atoms with Crippen molar-refractivity contribution in [2.75, 3.05) is 26.4 Å². The van der Waals surface area contributed by atoms with Crippen molar-refractivity contribution in [3.8, 4) is 5.75 Å². The van der Waals surface area contributed by atoms with Gasteiger partial charge in [0, 0.05) is 42.9 Å². The van der Waals surface area contributed by atoms with E-state index >= 15 is 0 Å². The maximum absolute atomic E-state index is 13.2. The predicted octanol–water partition coefficient (Wildman–Crippen LogP) is 3.58. The van der Waals surface area contributed by atoms with Crippen LogP contribution in [0.4, 0.5) is 0 Å². The lowest BCUT2D eigenvalue weighted by Gasteiger charge is -2.34. The van der Waals surface area contributed by atoms with Crippen LogP contribution in [0, 0.1) is 17.8 Å². The Labute approximate surface area is 160 Å². The molecule has 1 saturated heterocycles. The third-order valence-electron chi connectivity index (χ3n) is 5.40. The third-order valence-corrected chi connectivity index (χ3v) is 5.40. The van der Waals surface area contributed by atoms with Gasteiger partial charge in [0.25, 0.3) is 5.91 Å². The van der Waals surface area contributed by atoms with Crippen molar-refractivity contribution >= 4 is 5.91 Å². The second-order valence-corrected chi connectivity index (χ2v) is 7.85. The van der Waals surface area contributed by atoms with Crippen molar-refractivity contribution in [2.45, 2.75) is 19.9 Å². The Balaban J connectivity index is 1.63. The first-order valence-corrected chi connectivity index (χ1v) is 9.65. The lowest BCUT2D eigenvalue weighted by molar-refractivity contribution is 0.0556. The molecule has 0 radical (unpaired) electrons. The van der Waals surface area contributed by atoms with Gasteiger partial charge in [-0.05, 0) is 24.1 Å². The number of carbonyl (C=O) groups is 1. The Hall–Kier alpha value is -2.40. The highest BCUT2D eigenvalue weighted by molar-refractivity contribution is 5.94. The Kier molecular flexibility index (Phi) is 5.12. The number of aromatic nitrogens is 1. The van der Waals surface area contributed by atoms with Crippen LogP contribution in [-0.4, -0.2) is 42.2 Å². The van der Waals surface area contributed by atoms with Crippen LogP contribution in [0.5, 0.6) is 5.75 Å². The second-order valence-electron chi connectivity index (χ2n) is 7.85. The summed E-state index contributed by atoms with van der Waals surface area (Å²) in [5.41, 5.74) is 1.72. The highest BCUT2D eigenvalue weighted by Gasteiger charge is 2.48. The van der Waals surface area contributed by atoms with E-state index in [1.54, 1.807) is 12.4 Å². The number of hydrogen-bond donors (Lipinski definition) is 0. The summed E-state index contributed by atoms with van der Waals surface area (Å²) in [6.07, 6.45) is 3.33. The van der Waals surface area contributed by atoms with Crippen LogP contribution < -0.4 is 4.74 Å². The lowest BCUT2D eigenvalue weighted by atomic mass is 9.85. The highest BCUT2D eigenvalue weighted by atomic mass is 16.5. The van der Waals surface area contributed by atoms with Gasteiger partial charge in [-0.15, -0.1) is 0 Å². The number of amides is 1. The monoisotopic (exact) mass is 366 g/mol. The number of fused-ring (bicyclic) bond motifs is 3. The zero-order valence-electron chi connectivity index (χ0n) is 15.9. The van der Waals surface area contributed by atoms with E-state index in [4.69, 9.17) is 9.47 Å². The average molecular weight is 366 g/mol. The number of nitrogens with zero attached hydrogens (tertiary/aromatic N) is 2. The van der Waals surface area contributed by atoms with Gasteiger partial charge in [-0.1, -0.05) is 32.0 Å². The van der Waals surface area contributed by atoms with Crippen LogP contribution in [0.2, 0.25) is 0 Å².